The molecule has 1 fully saturated rings. The topological polar surface area (TPSA) is 0 Å². The summed E-state index contributed by atoms with van der Waals surface area (Å²) in [4.78, 5) is 0. The minimum absolute atomic E-state index is 0.336. The Hall–Kier alpha value is -1.51. The molecule has 0 radical (unpaired) electrons. The van der Waals surface area contributed by atoms with E-state index in [1.807, 2.05) is 0 Å². The molecule has 3 rings (SSSR count). The molecular weight excluding hydrogens is 379 g/mol. The lowest BCUT2D eigenvalue weighted by atomic mass is 10.2. The summed E-state index contributed by atoms with van der Waals surface area (Å²) >= 11 is -1.29. The third kappa shape index (κ3) is 5.35. The highest BCUT2D eigenvalue weighted by Gasteiger charge is 2.53. The van der Waals surface area contributed by atoms with Crippen LogP contribution >= 0.6 is 0 Å². The van der Waals surface area contributed by atoms with Gasteiger partial charge >= 0.3 is 14.1 Å². The summed E-state index contributed by atoms with van der Waals surface area (Å²) in [6.07, 6.45) is 3.93. The van der Waals surface area contributed by atoms with Crippen molar-refractivity contribution in [3.8, 4) is 11.5 Å². The Labute approximate surface area is 183 Å². The monoisotopic (exact) mass is 414 g/mol. The Morgan fingerprint density at radius 2 is 1.34 bits per heavy atom. The van der Waals surface area contributed by atoms with Gasteiger partial charge in [0, 0.05) is 5.56 Å². The van der Waals surface area contributed by atoms with Gasteiger partial charge in [-0.25, -0.2) is 0 Å². The first-order valence-electron chi connectivity index (χ1n) is 11.0. The Balaban J connectivity index is 2.16. The van der Waals surface area contributed by atoms with Crippen molar-refractivity contribution in [2.75, 3.05) is 0 Å². The highest BCUT2D eigenvalue weighted by Crippen LogP contribution is 2.51. The minimum Gasteiger partial charge on any atom is -0.127 e. The van der Waals surface area contributed by atoms with Gasteiger partial charge in [0.05, 0.1) is 0 Å². The average Bonchev–Trinajstić information content (AvgIpc) is 2.60. The normalized spacial score (nSPS) is 16.4. The quantitative estimate of drug-likeness (QED) is 0.357. The Morgan fingerprint density at radius 3 is 1.79 bits per heavy atom. The number of benzene rings is 2. The van der Waals surface area contributed by atoms with Crippen LogP contribution in [0.25, 0.3) is 6.08 Å². The van der Waals surface area contributed by atoms with E-state index in [0.29, 0.717) is 8.55 Å². The van der Waals surface area contributed by atoms with Crippen LogP contribution in [0.4, 0.5) is 0 Å². The van der Waals surface area contributed by atoms with E-state index in [9.17, 15) is 0 Å². The summed E-state index contributed by atoms with van der Waals surface area (Å²) in [5.74, 6) is 3.60. The molecule has 150 valence electrons. The molecule has 0 saturated carbocycles. The number of hydrogen-bond acceptors (Lipinski definition) is 0. The summed E-state index contributed by atoms with van der Waals surface area (Å²) in [7, 11) is -1.76. The van der Waals surface area contributed by atoms with Crippen molar-refractivity contribution in [2.45, 2.75) is 68.6 Å². The molecule has 1 aliphatic heterocycles. The van der Waals surface area contributed by atoms with Gasteiger partial charge in [-0.1, -0.05) is 117 Å². The van der Waals surface area contributed by atoms with Crippen molar-refractivity contribution in [1.82, 2.24) is 0 Å². The van der Waals surface area contributed by atoms with Gasteiger partial charge in [-0.3, -0.25) is 0 Å². The Bertz CT molecular complexity index is 884. The molecule has 29 heavy (non-hydrogen) atoms. The SMILES string of the molecule is C[C](C)(C)[Al](/[C](=C\c1ccccc1)[Si]1(C#Cc2ccccc2)CCC1)[C](C)(C)C. The number of rotatable bonds is 3. The van der Waals surface area contributed by atoms with E-state index in [0.717, 1.165) is 5.56 Å². The fourth-order valence-corrected chi connectivity index (χ4v) is 18.8. The zero-order chi connectivity index (χ0) is 21.1. The maximum atomic E-state index is 3.95. The molecule has 0 unspecified atom stereocenters. The van der Waals surface area contributed by atoms with E-state index < -0.39 is 22.2 Å². The lowest BCUT2D eigenvalue weighted by molar-refractivity contribution is 0.650. The summed E-state index contributed by atoms with van der Waals surface area (Å²) < 4.78 is 2.48. The van der Waals surface area contributed by atoms with Gasteiger partial charge in [0.25, 0.3) is 0 Å². The lowest BCUT2D eigenvalue weighted by Crippen LogP contribution is -2.53. The van der Waals surface area contributed by atoms with E-state index >= 15 is 0 Å². The van der Waals surface area contributed by atoms with Gasteiger partial charge in [-0.05, 0) is 29.8 Å². The molecule has 0 atom stereocenters. The summed E-state index contributed by atoms with van der Waals surface area (Å²) in [6, 6.07) is 24.2. The lowest BCUT2D eigenvalue weighted by Gasteiger charge is -2.47. The van der Waals surface area contributed by atoms with Crippen molar-refractivity contribution in [1.29, 1.82) is 0 Å². The highest BCUT2D eigenvalue weighted by molar-refractivity contribution is 7.08. The second-order valence-corrected chi connectivity index (χ2v) is 20.2. The largest absolute Gasteiger partial charge is 0.307 e. The van der Waals surface area contributed by atoms with Crippen LogP contribution in [0.3, 0.4) is 0 Å². The molecule has 1 saturated heterocycles. The second-order valence-electron chi connectivity index (χ2n) is 10.7. The van der Waals surface area contributed by atoms with Crippen LogP contribution in [0, 0.1) is 11.5 Å². The summed E-state index contributed by atoms with van der Waals surface area (Å²) in [6.45, 7) is 14.8. The van der Waals surface area contributed by atoms with E-state index in [4.69, 9.17) is 0 Å². The van der Waals surface area contributed by atoms with Gasteiger partial charge in [0.15, 0.2) is 0 Å². The fourth-order valence-electron chi connectivity index (χ4n) is 5.19. The van der Waals surface area contributed by atoms with Crippen molar-refractivity contribution in [2.24, 2.45) is 0 Å². The van der Waals surface area contributed by atoms with E-state index in [-0.39, 0.29) is 0 Å². The molecular formula is C27H35AlSi. The highest BCUT2D eigenvalue weighted by atomic mass is 28.3. The zero-order valence-electron chi connectivity index (χ0n) is 19.0. The van der Waals surface area contributed by atoms with Crippen LogP contribution in [0.15, 0.2) is 64.7 Å². The van der Waals surface area contributed by atoms with Crippen LogP contribution in [0.1, 0.15) is 59.1 Å². The molecule has 0 nitrogen and oxygen atoms in total. The summed E-state index contributed by atoms with van der Waals surface area (Å²) in [5, 5.41) is 0. The molecule has 2 aromatic carbocycles. The summed E-state index contributed by atoms with van der Waals surface area (Å²) in [5.41, 5.74) is 6.47. The first kappa shape index (κ1) is 22.2. The van der Waals surface area contributed by atoms with Crippen molar-refractivity contribution >= 4 is 28.3 Å². The molecule has 0 aromatic heterocycles. The standard InChI is InChI=1S/C19H17Si.2C4H9.Al/c1-3-8-18(9-4-1)12-16-20(14-7-15-20)17-13-19-10-5-2-6-11-19;2*1-4(2)3;/h1-6,8-12H,7,14-15H2;2*1-3H3;. The van der Waals surface area contributed by atoms with Crippen LogP contribution in [-0.2, 0) is 0 Å². The van der Waals surface area contributed by atoms with Crippen LogP contribution in [0.5, 0.6) is 0 Å². The van der Waals surface area contributed by atoms with Gasteiger partial charge < -0.3 is 0 Å². The molecule has 0 spiro atoms. The van der Waals surface area contributed by atoms with Crippen molar-refractivity contribution in [3.63, 3.8) is 0 Å². The van der Waals surface area contributed by atoms with Crippen molar-refractivity contribution < 1.29 is 0 Å². The average molecular weight is 415 g/mol. The first-order valence-corrected chi connectivity index (χ1v) is 15.1. The molecule has 2 aromatic rings. The first-order chi connectivity index (χ1) is 13.6. The third-order valence-electron chi connectivity index (χ3n) is 6.14. The number of hydrogen-bond donors (Lipinski definition) is 0. The minimum atomic E-state index is -1.76. The second kappa shape index (κ2) is 8.70. The molecule has 0 bridgehead atoms. The molecule has 1 aliphatic rings. The Morgan fingerprint density at radius 1 is 0.828 bits per heavy atom. The predicted octanol–water partition coefficient (Wildman–Crippen LogP) is 7.69. The third-order valence-corrected chi connectivity index (χ3v) is 17.2. The van der Waals surface area contributed by atoms with Gasteiger partial charge in [0.1, 0.15) is 8.07 Å². The zero-order valence-corrected chi connectivity index (χ0v) is 21.2. The van der Waals surface area contributed by atoms with Gasteiger partial charge in [-0.15, -0.1) is 9.60 Å². The fraction of sp³-hybridized carbons (Fsp3) is 0.407. The van der Waals surface area contributed by atoms with E-state index in [1.165, 1.54) is 24.1 Å². The van der Waals surface area contributed by atoms with Crippen molar-refractivity contribution in [3.05, 3.63) is 75.8 Å². The smallest absolute Gasteiger partial charge is 0.127 e. The molecule has 2 heteroatoms. The maximum Gasteiger partial charge on any atom is 0.307 e. The molecule has 0 N–H and O–H groups in total. The van der Waals surface area contributed by atoms with Gasteiger partial charge in [0.2, 0.25) is 0 Å². The van der Waals surface area contributed by atoms with E-state index in [2.05, 4.69) is 120 Å². The molecule has 0 aliphatic carbocycles. The van der Waals surface area contributed by atoms with E-state index in [1.54, 1.807) is 4.06 Å². The van der Waals surface area contributed by atoms with Crippen LogP contribution in [-0.4, -0.2) is 22.2 Å². The van der Waals surface area contributed by atoms with Gasteiger partial charge in [-0.2, -0.15) is 0 Å². The molecule has 1 heterocycles. The van der Waals surface area contributed by atoms with Crippen LogP contribution in [0.2, 0.25) is 20.6 Å². The maximum absolute atomic E-state index is 3.95. The predicted molar refractivity (Wildman–Crippen MR) is 133 cm³/mol. The molecule has 0 amide bonds. The van der Waals surface area contributed by atoms with Crippen LogP contribution < -0.4 is 0 Å². The Kier molecular flexibility index (Phi) is 6.65.